The minimum atomic E-state index is -4.27. The zero-order valence-corrected chi connectivity index (χ0v) is 17.0. The van der Waals surface area contributed by atoms with Crippen molar-refractivity contribution in [3.05, 3.63) is 29.8 Å². The van der Waals surface area contributed by atoms with Crippen LogP contribution < -0.4 is 5.32 Å². The van der Waals surface area contributed by atoms with Crippen LogP contribution in [0.1, 0.15) is 19.3 Å². The van der Waals surface area contributed by atoms with Gasteiger partial charge in [0.05, 0.1) is 0 Å². The van der Waals surface area contributed by atoms with Crippen LogP contribution in [0, 0.1) is 23.0 Å². The van der Waals surface area contributed by atoms with Crippen LogP contribution in [0.15, 0.2) is 23.1 Å². The first-order chi connectivity index (χ1) is 12.8. The second-order valence-corrected chi connectivity index (χ2v) is 9.52. The molecule has 2 aliphatic heterocycles. The lowest BCUT2D eigenvalue weighted by Gasteiger charge is -2.35. The van der Waals surface area contributed by atoms with Crippen LogP contribution in [0.5, 0.6) is 0 Å². The Balaban J connectivity index is 0.00000225. The lowest BCUT2D eigenvalue weighted by molar-refractivity contribution is -0.134. The number of benzene rings is 1. The van der Waals surface area contributed by atoms with E-state index in [1.54, 1.807) is 4.90 Å². The van der Waals surface area contributed by atoms with E-state index in [-0.39, 0.29) is 55.8 Å². The molecule has 3 aliphatic rings. The quantitative estimate of drug-likeness (QED) is 0.783. The number of carbonyl (C=O) groups excluding carboxylic acids is 1. The predicted molar refractivity (Wildman–Crippen MR) is 102 cm³/mol. The highest BCUT2D eigenvalue weighted by Crippen LogP contribution is 2.59. The first-order valence-corrected chi connectivity index (χ1v) is 10.7. The number of nitrogens with one attached hydrogen (secondary N) is 1. The summed E-state index contributed by atoms with van der Waals surface area (Å²) in [5.41, 5.74) is 0.127. The molecule has 0 radical (unpaired) electrons. The number of hydrogen-bond acceptors (Lipinski definition) is 4. The summed E-state index contributed by atoms with van der Waals surface area (Å²) < 4.78 is 54.1. The van der Waals surface area contributed by atoms with Crippen LogP contribution in [0.3, 0.4) is 0 Å². The number of nitrogens with zero attached hydrogens (tertiary/aromatic N) is 2. The third-order valence-corrected chi connectivity index (χ3v) is 8.11. The van der Waals surface area contributed by atoms with Gasteiger partial charge in [-0.05, 0) is 49.9 Å². The highest BCUT2D eigenvalue weighted by Gasteiger charge is 2.58. The third kappa shape index (κ3) is 3.65. The van der Waals surface area contributed by atoms with E-state index in [2.05, 4.69) is 5.32 Å². The summed E-state index contributed by atoms with van der Waals surface area (Å²) in [7, 11) is -4.27. The summed E-state index contributed by atoms with van der Waals surface area (Å²) in [6.07, 6.45) is 2.92. The Labute approximate surface area is 169 Å². The number of amides is 1. The van der Waals surface area contributed by atoms with Crippen molar-refractivity contribution in [3.8, 4) is 0 Å². The molecule has 1 unspecified atom stereocenters. The maximum absolute atomic E-state index is 13.9. The van der Waals surface area contributed by atoms with Gasteiger partial charge in [0.1, 0.15) is 11.6 Å². The minimum Gasteiger partial charge on any atom is -0.340 e. The summed E-state index contributed by atoms with van der Waals surface area (Å²) in [5.74, 6) is -2.07. The number of carbonyl (C=O) groups is 1. The Kier molecular flexibility index (Phi) is 6.01. The fraction of sp³-hybridized carbons (Fsp3) is 0.611. The second-order valence-electron chi connectivity index (χ2n) is 7.65. The molecule has 0 bridgehead atoms. The van der Waals surface area contributed by atoms with Crippen LogP contribution in [0.2, 0.25) is 0 Å². The number of sulfonamides is 1. The van der Waals surface area contributed by atoms with Crippen molar-refractivity contribution < 1.29 is 22.0 Å². The Hall–Kier alpha value is -1.29. The van der Waals surface area contributed by atoms with Gasteiger partial charge in [-0.3, -0.25) is 4.79 Å². The van der Waals surface area contributed by atoms with E-state index in [4.69, 9.17) is 0 Å². The van der Waals surface area contributed by atoms with Crippen molar-refractivity contribution in [2.75, 3.05) is 39.3 Å². The first kappa shape index (κ1) is 21.4. The maximum Gasteiger partial charge on any atom is 0.249 e. The highest BCUT2D eigenvalue weighted by atomic mass is 35.5. The molecule has 2 heterocycles. The predicted octanol–water partition coefficient (Wildman–Crippen LogP) is 1.61. The Morgan fingerprint density at radius 1 is 1.07 bits per heavy atom. The van der Waals surface area contributed by atoms with Gasteiger partial charge in [-0.25, -0.2) is 17.2 Å². The fourth-order valence-electron chi connectivity index (χ4n) is 4.40. The van der Waals surface area contributed by atoms with Crippen LogP contribution in [-0.2, 0) is 14.8 Å². The average molecular weight is 436 g/mol. The fourth-order valence-corrected chi connectivity index (χ4v) is 5.93. The molecule has 1 aromatic carbocycles. The van der Waals surface area contributed by atoms with Crippen molar-refractivity contribution >= 4 is 28.3 Å². The second kappa shape index (κ2) is 7.85. The molecule has 1 N–H and O–H groups in total. The molecular weight excluding hydrogens is 412 g/mol. The summed E-state index contributed by atoms with van der Waals surface area (Å²) in [5, 5.41) is 3.31. The number of rotatable bonds is 3. The molecule has 156 valence electrons. The van der Waals surface area contributed by atoms with Gasteiger partial charge < -0.3 is 10.2 Å². The van der Waals surface area contributed by atoms with E-state index >= 15 is 0 Å². The lowest BCUT2D eigenvalue weighted by atomic mass is 9.91. The Bertz CT molecular complexity index is 833. The summed E-state index contributed by atoms with van der Waals surface area (Å²) in [6, 6.07) is 3.00. The molecule has 10 heteroatoms. The zero-order valence-electron chi connectivity index (χ0n) is 15.4. The van der Waals surface area contributed by atoms with Crippen LogP contribution in [-0.4, -0.2) is 62.8 Å². The third-order valence-electron chi connectivity index (χ3n) is 6.15. The highest BCUT2D eigenvalue weighted by molar-refractivity contribution is 7.89. The van der Waals surface area contributed by atoms with Gasteiger partial charge in [0.25, 0.3) is 0 Å². The molecule has 1 atom stereocenters. The molecule has 2 saturated heterocycles. The maximum atomic E-state index is 13.9. The lowest BCUT2D eigenvalue weighted by Crippen LogP contribution is -2.51. The number of piperazine rings is 1. The number of hydrogen-bond donors (Lipinski definition) is 1. The largest absolute Gasteiger partial charge is 0.340 e. The van der Waals surface area contributed by atoms with Gasteiger partial charge in [0.2, 0.25) is 15.9 Å². The van der Waals surface area contributed by atoms with E-state index in [1.807, 2.05) is 0 Å². The van der Waals surface area contributed by atoms with Gasteiger partial charge >= 0.3 is 0 Å². The van der Waals surface area contributed by atoms with E-state index < -0.39 is 26.6 Å². The van der Waals surface area contributed by atoms with Crippen molar-refractivity contribution in [2.24, 2.45) is 11.3 Å². The summed E-state index contributed by atoms with van der Waals surface area (Å²) in [6.45, 7) is 2.46. The van der Waals surface area contributed by atoms with Crippen LogP contribution in [0.25, 0.3) is 0 Å². The van der Waals surface area contributed by atoms with Crippen molar-refractivity contribution in [1.29, 1.82) is 0 Å². The monoisotopic (exact) mass is 435 g/mol. The smallest absolute Gasteiger partial charge is 0.249 e. The van der Waals surface area contributed by atoms with Crippen molar-refractivity contribution in [2.45, 2.75) is 24.2 Å². The van der Waals surface area contributed by atoms with E-state index in [0.29, 0.717) is 0 Å². The van der Waals surface area contributed by atoms with E-state index in [1.165, 1.54) is 0 Å². The Morgan fingerprint density at radius 2 is 1.64 bits per heavy atom. The molecule has 28 heavy (non-hydrogen) atoms. The molecule has 6 nitrogen and oxygen atoms in total. The molecule has 1 spiro atoms. The molecule has 1 aromatic rings. The first-order valence-electron chi connectivity index (χ1n) is 9.29. The average Bonchev–Trinajstić information content (AvgIpc) is 3.34. The zero-order chi connectivity index (χ0) is 19.2. The Morgan fingerprint density at radius 3 is 2.21 bits per heavy atom. The molecule has 4 rings (SSSR count). The minimum absolute atomic E-state index is 0. The molecular formula is C18H24ClF2N3O3S. The normalized spacial score (nSPS) is 24.6. The summed E-state index contributed by atoms with van der Waals surface area (Å²) in [4.78, 5) is 13.6. The van der Waals surface area contributed by atoms with Gasteiger partial charge in [0.15, 0.2) is 4.90 Å². The van der Waals surface area contributed by atoms with Crippen LogP contribution in [0.4, 0.5) is 8.78 Å². The van der Waals surface area contributed by atoms with Gasteiger partial charge in [-0.2, -0.15) is 4.31 Å². The molecule has 1 aliphatic carbocycles. The topological polar surface area (TPSA) is 69.7 Å². The van der Waals surface area contributed by atoms with Gasteiger partial charge in [-0.1, -0.05) is 6.07 Å². The SMILES string of the molecule is Cl.O=C(C1CC12CCNCC2)N1CCN(S(=O)(=O)c2c(F)cccc2F)CC1. The van der Waals surface area contributed by atoms with Crippen LogP contribution >= 0.6 is 12.4 Å². The summed E-state index contributed by atoms with van der Waals surface area (Å²) >= 11 is 0. The van der Waals surface area contributed by atoms with Gasteiger partial charge in [0, 0.05) is 32.1 Å². The van der Waals surface area contributed by atoms with E-state index in [9.17, 15) is 22.0 Å². The molecule has 1 saturated carbocycles. The number of halogens is 3. The molecule has 3 fully saturated rings. The van der Waals surface area contributed by atoms with Gasteiger partial charge in [-0.15, -0.1) is 12.4 Å². The van der Waals surface area contributed by atoms with Crippen molar-refractivity contribution in [3.63, 3.8) is 0 Å². The van der Waals surface area contributed by atoms with Crippen molar-refractivity contribution in [1.82, 2.24) is 14.5 Å². The number of piperidine rings is 1. The molecule has 1 amide bonds. The standard InChI is InChI=1S/C18H23F2N3O3S.ClH/c19-14-2-1-3-15(20)16(14)27(25,26)23-10-8-22(9-11-23)17(24)13-12-18(13)4-6-21-7-5-18;/h1-3,13,21H,4-12H2;1H. The van der Waals surface area contributed by atoms with E-state index in [0.717, 1.165) is 54.9 Å². The molecule has 0 aromatic heterocycles.